The van der Waals surface area contributed by atoms with Gasteiger partial charge in [0.15, 0.2) is 17.5 Å². The molecule has 0 spiro atoms. The minimum absolute atomic E-state index is 0.240. The van der Waals surface area contributed by atoms with Gasteiger partial charge >= 0.3 is 0 Å². The Morgan fingerprint density at radius 1 is 0.218 bits per heavy atom. The van der Waals surface area contributed by atoms with Crippen molar-refractivity contribution in [2.24, 2.45) is 0 Å². The third kappa shape index (κ3) is 11.7. The quantitative estimate of drug-likeness (QED) is 0.0819. The van der Waals surface area contributed by atoms with Gasteiger partial charge in [-0.05, 0) is 253 Å². The molecule has 0 fully saturated rings. The van der Waals surface area contributed by atoms with Gasteiger partial charge in [-0.15, -0.1) is 0 Å². The summed E-state index contributed by atoms with van der Waals surface area (Å²) in [6.45, 7) is 28.2. The Kier molecular flexibility index (Phi) is 16.0. The average Bonchev–Trinajstić information content (AvgIpc) is 0.670. The third-order valence-electron chi connectivity index (χ3n) is 25.8. The lowest BCUT2D eigenvalue weighted by atomic mass is 9.33. The van der Waals surface area contributed by atoms with Crippen molar-refractivity contribution in [2.75, 3.05) is 9.80 Å². The van der Waals surface area contributed by atoms with Crippen molar-refractivity contribution in [3.05, 3.63) is 350 Å². The second-order valence-electron chi connectivity index (χ2n) is 37.5. The Bertz CT molecular complexity index is 6940. The van der Waals surface area contributed by atoms with Crippen LogP contribution in [-0.4, -0.2) is 21.7 Å². The summed E-state index contributed by atoms with van der Waals surface area (Å²) in [4.78, 5) is 23.4. The van der Waals surface area contributed by atoms with E-state index in [1.165, 1.54) is 125 Å². The Morgan fingerprint density at radius 3 is 0.782 bits per heavy atom. The molecule has 0 unspecified atom stereocenters. The number of anilines is 6. The summed E-state index contributed by atoms with van der Waals surface area (Å²) in [7, 11) is 0. The molecular formula is C113H90BN5. The van der Waals surface area contributed by atoms with E-state index in [0.717, 1.165) is 95.3 Å². The first-order valence-corrected chi connectivity index (χ1v) is 42.1. The topological polar surface area (TPSA) is 45.2 Å². The molecule has 0 radical (unpaired) electrons. The van der Waals surface area contributed by atoms with Gasteiger partial charge in [-0.3, -0.25) is 0 Å². The Labute approximate surface area is 696 Å². The predicted molar refractivity (Wildman–Crippen MR) is 509 cm³/mol. The minimum Gasteiger partial charge on any atom is -0.311 e. The number of hydrogen-bond donors (Lipinski definition) is 0. The van der Waals surface area contributed by atoms with Crippen LogP contribution in [0.5, 0.6) is 0 Å². The number of nitrogens with zero attached hydrogens (tertiary/aromatic N) is 5. The van der Waals surface area contributed by atoms with Gasteiger partial charge in [0.25, 0.3) is 6.71 Å². The number of hydrogen-bond acceptors (Lipinski definition) is 5. The van der Waals surface area contributed by atoms with Gasteiger partial charge in [0.05, 0.1) is 0 Å². The standard InChI is InChI=1S/C113H90BN5/c1-110(2,3)80-59-81(111(4,5)6)62-84(61-80)118-98-57-79(109-116-107(77-53-73(67-31-17-13-18-32-67)51-74(54-77)68-33-19-14-20-34-68)115-108(117-109)78-55-75(69-35-21-15-22-36-69)52-76(56-78)70-37-23-16-24-38-70)58-99-104(98)114(96-65-94-90-45-27-41-71-39-25-43-86(100(71)90)88-47-29-49-92(102(88)94)105(96)118)97-66-95-91-46-28-42-72-40-26-44-87(101(72)91)89-48-30-50-93(103(89)95)106(97)119(99)85-63-82(112(7,8)9)60-83(64-85)113(10,11)12/h13-66H,1-12H3. The molecular weight excluding hydrogens is 1440 g/mol. The summed E-state index contributed by atoms with van der Waals surface area (Å²) in [6.07, 6.45) is 0. The highest BCUT2D eigenvalue weighted by molar-refractivity contribution is 7.01. The molecule has 20 aromatic rings. The van der Waals surface area contributed by atoms with Crippen LogP contribution >= 0.6 is 0 Å². The van der Waals surface area contributed by atoms with Gasteiger partial charge in [0, 0.05) is 61.6 Å². The maximum absolute atomic E-state index is 6.07. The zero-order chi connectivity index (χ0) is 80.9. The largest absolute Gasteiger partial charge is 0.311 e. The molecule has 570 valence electrons. The van der Waals surface area contributed by atoms with Crippen LogP contribution in [0.4, 0.5) is 34.1 Å². The minimum atomic E-state index is -0.340. The van der Waals surface area contributed by atoms with Crippen molar-refractivity contribution in [1.29, 1.82) is 0 Å². The van der Waals surface area contributed by atoms with Crippen LogP contribution in [0.1, 0.15) is 105 Å². The maximum Gasteiger partial charge on any atom is 0.252 e. The summed E-state index contributed by atoms with van der Waals surface area (Å²) in [5.74, 6) is 1.68. The second kappa shape index (κ2) is 26.5. The van der Waals surface area contributed by atoms with E-state index in [1.54, 1.807) is 0 Å². The molecule has 3 heterocycles. The maximum atomic E-state index is 6.07. The molecule has 2 aliphatic heterocycles. The zero-order valence-electron chi connectivity index (χ0n) is 69.5. The first kappa shape index (κ1) is 72.0. The van der Waals surface area contributed by atoms with E-state index in [4.69, 9.17) is 15.0 Å². The van der Waals surface area contributed by atoms with E-state index in [9.17, 15) is 0 Å². The molecule has 0 amide bonds. The van der Waals surface area contributed by atoms with Crippen molar-refractivity contribution in [3.8, 4) is 78.7 Å². The lowest BCUT2D eigenvalue weighted by Gasteiger charge is -2.46. The van der Waals surface area contributed by atoms with E-state index in [2.05, 4.69) is 420 Å². The number of benzene rings is 19. The van der Waals surface area contributed by atoms with E-state index in [-0.39, 0.29) is 28.4 Å². The monoisotopic (exact) mass is 1530 g/mol. The molecule has 0 atom stereocenters. The summed E-state index contributed by atoms with van der Waals surface area (Å²) >= 11 is 0. The molecule has 0 aliphatic carbocycles. The molecule has 0 N–H and O–H groups in total. The Morgan fingerprint density at radius 2 is 0.479 bits per heavy atom. The third-order valence-corrected chi connectivity index (χ3v) is 25.8. The molecule has 5 nitrogen and oxygen atoms in total. The SMILES string of the molecule is CC(C)(C)c1cc(N2c3cc(-c4nc(-c5cc(-c6ccccc6)cc(-c6ccccc6)c5)nc(-c5cc(-c6ccccc6)cc(-c6ccccc6)c5)n4)cc4c3B(c3cc5c6cccc7cccc(c8cccc(c32)c85)c76)c2cc3c5cccc6cccc(c7cccc(c2N4c2cc(C(C)(C)C)cc(C(C)(C)C)c2)c73)c65)cc(C(C)(C)C)c1. The zero-order valence-corrected chi connectivity index (χ0v) is 69.5. The van der Waals surface area contributed by atoms with E-state index >= 15 is 0 Å². The molecule has 6 heteroatoms. The summed E-state index contributed by atoms with van der Waals surface area (Å²) in [5.41, 5.74) is 25.7. The summed E-state index contributed by atoms with van der Waals surface area (Å²) in [6, 6.07) is 124. The van der Waals surface area contributed by atoms with Crippen LogP contribution in [0.15, 0.2) is 328 Å². The summed E-state index contributed by atoms with van der Waals surface area (Å²) < 4.78 is 0. The highest BCUT2D eigenvalue weighted by Gasteiger charge is 2.47. The second-order valence-corrected chi connectivity index (χ2v) is 37.5. The first-order valence-electron chi connectivity index (χ1n) is 42.1. The smallest absolute Gasteiger partial charge is 0.252 e. The normalized spacial score (nSPS) is 13.2. The van der Waals surface area contributed by atoms with Crippen LogP contribution in [0.3, 0.4) is 0 Å². The molecule has 1 aromatic heterocycles. The fraction of sp³-hybridized carbons (Fsp3) is 0.142. The highest BCUT2D eigenvalue weighted by Crippen LogP contribution is 2.55. The van der Waals surface area contributed by atoms with Gasteiger partial charge in [-0.25, -0.2) is 15.0 Å². The van der Waals surface area contributed by atoms with Crippen LogP contribution in [0.2, 0.25) is 0 Å². The van der Waals surface area contributed by atoms with Gasteiger partial charge in [0.2, 0.25) is 0 Å². The molecule has 19 aromatic carbocycles. The van der Waals surface area contributed by atoms with E-state index in [1.807, 2.05) is 0 Å². The number of fused-ring (bicyclic) bond motifs is 10. The van der Waals surface area contributed by atoms with Gasteiger partial charge in [0.1, 0.15) is 0 Å². The first-order chi connectivity index (χ1) is 57.5. The fourth-order valence-electron chi connectivity index (χ4n) is 19.7. The van der Waals surface area contributed by atoms with Gasteiger partial charge in [-0.2, -0.15) is 0 Å². The summed E-state index contributed by atoms with van der Waals surface area (Å²) in [5, 5.41) is 20.0. The predicted octanol–water partition coefficient (Wildman–Crippen LogP) is 28.9. The molecule has 0 saturated heterocycles. The lowest BCUT2D eigenvalue weighted by molar-refractivity contribution is 0.568. The lowest BCUT2D eigenvalue weighted by Crippen LogP contribution is -2.61. The molecule has 2 aliphatic rings. The van der Waals surface area contributed by atoms with Crippen molar-refractivity contribution in [1.82, 2.24) is 15.0 Å². The molecule has 22 rings (SSSR count). The van der Waals surface area contributed by atoms with Crippen LogP contribution in [-0.2, 0) is 21.7 Å². The average molecular weight is 1530 g/mol. The van der Waals surface area contributed by atoms with Crippen molar-refractivity contribution < 1.29 is 0 Å². The van der Waals surface area contributed by atoms with E-state index in [0.29, 0.717) is 17.5 Å². The Hall–Kier alpha value is -13.5. The van der Waals surface area contributed by atoms with Gasteiger partial charge < -0.3 is 9.80 Å². The van der Waals surface area contributed by atoms with Crippen LogP contribution in [0, 0.1) is 0 Å². The van der Waals surface area contributed by atoms with Crippen molar-refractivity contribution in [2.45, 2.75) is 105 Å². The van der Waals surface area contributed by atoms with Gasteiger partial charge in [-0.1, -0.05) is 338 Å². The highest BCUT2D eigenvalue weighted by atomic mass is 15.2. The van der Waals surface area contributed by atoms with Crippen molar-refractivity contribution >= 4 is 143 Å². The molecule has 119 heavy (non-hydrogen) atoms. The number of rotatable bonds is 9. The van der Waals surface area contributed by atoms with Crippen LogP contribution < -0.4 is 26.2 Å². The number of aromatic nitrogens is 3. The van der Waals surface area contributed by atoms with Crippen molar-refractivity contribution in [3.63, 3.8) is 0 Å². The molecule has 0 saturated carbocycles. The van der Waals surface area contributed by atoms with E-state index < -0.39 is 0 Å². The Balaban J connectivity index is 0.945. The fourth-order valence-corrected chi connectivity index (χ4v) is 19.7. The van der Waals surface area contributed by atoms with Crippen LogP contribution in [0.25, 0.3) is 165 Å². The molecule has 0 bridgehead atoms.